The summed E-state index contributed by atoms with van der Waals surface area (Å²) in [5.41, 5.74) is 1.65. The molecule has 3 rings (SSSR count). The van der Waals surface area contributed by atoms with Crippen LogP contribution in [0.25, 0.3) is 0 Å². The predicted octanol–water partition coefficient (Wildman–Crippen LogP) is 2.66. The van der Waals surface area contributed by atoms with E-state index in [9.17, 15) is 12.8 Å². The normalized spacial score (nSPS) is 11.2. The van der Waals surface area contributed by atoms with Crippen molar-refractivity contribution in [2.24, 2.45) is 5.14 Å². The van der Waals surface area contributed by atoms with Gasteiger partial charge < -0.3 is 10.6 Å². The average molecular weight is 387 g/mol. The van der Waals surface area contributed by atoms with Crippen LogP contribution in [0.15, 0.2) is 65.7 Å². The molecule has 0 spiro atoms. The average Bonchev–Trinajstić information content (AvgIpc) is 2.64. The van der Waals surface area contributed by atoms with Crippen LogP contribution < -0.4 is 15.8 Å². The Morgan fingerprint density at radius 1 is 1.00 bits per heavy atom. The molecule has 0 aliphatic heterocycles. The number of aromatic nitrogens is 2. The Hall–Kier alpha value is -3.04. The molecule has 0 bridgehead atoms. The molecule has 9 heteroatoms. The highest BCUT2D eigenvalue weighted by Gasteiger charge is 2.06. The van der Waals surface area contributed by atoms with Crippen LogP contribution in [0.4, 0.5) is 21.8 Å². The number of nitrogens with two attached hydrogens (primary N) is 1. The molecule has 0 amide bonds. The molecule has 2 aromatic carbocycles. The first kappa shape index (κ1) is 18.7. The number of hydrogen-bond acceptors (Lipinski definition) is 6. The van der Waals surface area contributed by atoms with E-state index in [2.05, 4.69) is 20.6 Å². The van der Waals surface area contributed by atoms with Gasteiger partial charge in [-0.2, -0.15) is 4.98 Å². The molecule has 0 fully saturated rings. The number of anilines is 3. The highest BCUT2D eigenvalue weighted by Crippen LogP contribution is 2.15. The Morgan fingerprint density at radius 2 is 1.70 bits per heavy atom. The second kappa shape index (κ2) is 8.11. The third kappa shape index (κ3) is 5.47. The SMILES string of the molecule is NS(=O)(=O)c1ccc(CCNc2ccnc(Nc3ccc(F)cc3)n2)cc1. The first-order valence-electron chi connectivity index (χ1n) is 8.11. The van der Waals surface area contributed by atoms with E-state index in [4.69, 9.17) is 5.14 Å². The van der Waals surface area contributed by atoms with Gasteiger partial charge in [0.2, 0.25) is 16.0 Å². The highest BCUT2D eigenvalue weighted by atomic mass is 32.2. The second-order valence-corrected chi connectivity index (χ2v) is 7.32. The van der Waals surface area contributed by atoms with Crippen LogP contribution in [0.5, 0.6) is 0 Å². The fourth-order valence-electron chi connectivity index (χ4n) is 2.36. The molecule has 0 saturated heterocycles. The zero-order chi connectivity index (χ0) is 19.3. The van der Waals surface area contributed by atoms with E-state index in [1.165, 1.54) is 24.3 Å². The van der Waals surface area contributed by atoms with Crippen molar-refractivity contribution in [3.63, 3.8) is 0 Å². The number of sulfonamides is 1. The Bertz CT molecular complexity index is 1010. The molecule has 1 aromatic heterocycles. The van der Waals surface area contributed by atoms with Crippen molar-refractivity contribution >= 4 is 27.5 Å². The number of primary sulfonamides is 1. The topological polar surface area (TPSA) is 110 Å². The van der Waals surface area contributed by atoms with E-state index in [1.54, 1.807) is 36.5 Å². The van der Waals surface area contributed by atoms with Gasteiger partial charge in [0, 0.05) is 18.4 Å². The van der Waals surface area contributed by atoms with Crippen LogP contribution in [0.2, 0.25) is 0 Å². The first-order chi connectivity index (χ1) is 12.9. The number of nitrogens with one attached hydrogen (secondary N) is 2. The van der Waals surface area contributed by atoms with Gasteiger partial charge in [-0.3, -0.25) is 0 Å². The molecule has 27 heavy (non-hydrogen) atoms. The highest BCUT2D eigenvalue weighted by molar-refractivity contribution is 7.89. The predicted molar refractivity (Wildman–Crippen MR) is 102 cm³/mol. The molecule has 0 aliphatic carbocycles. The number of hydrogen-bond donors (Lipinski definition) is 3. The van der Waals surface area contributed by atoms with Gasteiger partial charge in [0.1, 0.15) is 11.6 Å². The molecule has 1 heterocycles. The summed E-state index contributed by atoms with van der Waals surface area (Å²) in [7, 11) is -3.68. The van der Waals surface area contributed by atoms with Crippen LogP contribution in [0.1, 0.15) is 5.56 Å². The lowest BCUT2D eigenvalue weighted by atomic mass is 10.1. The van der Waals surface area contributed by atoms with Crippen molar-refractivity contribution in [3.05, 3.63) is 72.2 Å². The summed E-state index contributed by atoms with van der Waals surface area (Å²) in [4.78, 5) is 8.57. The Morgan fingerprint density at radius 3 is 2.37 bits per heavy atom. The lowest BCUT2D eigenvalue weighted by Crippen LogP contribution is -2.12. The van der Waals surface area contributed by atoms with E-state index in [-0.39, 0.29) is 10.7 Å². The van der Waals surface area contributed by atoms with Gasteiger partial charge in [-0.05, 0) is 54.4 Å². The van der Waals surface area contributed by atoms with Crippen LogP contribution >= 0.6 is 0 Å². The summed E-state index contributed by atoms with van der Waals surface area (Å²) in [6, 6.07) is 14.1. The molecule has 4 N–H and O–H groups in total. The van der Waals surface area contributed by atoms with Crippen molar-refractivity contribution in [1.82, 2.24) is 9.97 Å². The molecular weight excluding hydrogens is 369 g/mol. The molecule has 0 radical (unpaired) electrons. The largest absolute Gasteiger partial charge is 0.370 e. The van der Waals surface area contributed by atoms with E-state index in [0.29, 0.717) is 30.4 Å². The number of rotatable bonds is 7. The maximum absolute atomic E-state index is 12.9. The lowest BCUT2D eigenvalue weighted by molar-refractivity contribution is 0.597. The fourth-order valence-corrected chi connectivity index (χ4v) is 2.88. The van der Waals surface area contributed by atoms with Gasteiger partial charge in [0.25, 0.3) is 0 Å². The van der Waals surface area contributed by atoms with Crippen molar-refractivity contribution in [3.8, 4) is 0 Å². The standard InChI is InChI=1S/C18H18FN5O2S/c19-14-3-5-15(6-4-14)23-18-22-12-10-17(24-18)21-11-9-13-1-7-16(8-2-13)27(20,25)26/h1-8,10,12H,9,11H2,(H2,20,25,26)(H2,21,22,23,24). The molecule has 0 aliphatic rings. The quantitative estimate of drug-likeness (QED) is 0.575. The summed E-state index contributed by atoms with van der Waals surface area (Å²) in [6.07, 6.45) is 2.29. The van der Waals surface area contributed by atoms with E-state index in [1.807, 2.05) is 0 Å². The smallest absolute Gasteiger partial charge is 0.238 e. The minimum atomic E-state index is -3.68. The van der Waals surface area contributed by atoms with Gasteiger partial charge in [0.15, 0.2) is 0 Å². The summed E-state index contributed by atoms with van der Waals surface area (Å²) in [5.74, 6) is 0.717. The molecule has 0 atom stereocenters. The second-order valence-electron chi connectivity index (χ2n) is 5.76. The van der Waals surface area contributed by atoms with E-state index >= 15 is 0 Å². The van der Waals surface area contributed by atoms with Crippen molar-refractivity contribution < 1.29 is 12.8 Å². The molecule has 3 aromatic rings. The molecule has 0 saturated carbocycles. The van der Waals surface area contributed by atoms with Crippen molar-refractivity contribution in [1.29, 1.82) is 0 Å². The first-order valence-corrected chi connectivity index (χ1v) is 9.66. The zero-order valence-electron chi connectivity index (χ0n) is 14.3. The van der Waals surface area contributed by atoms with Gasteiger partial charge >= 0.3 is 0 Å². The van der Waals surface area contributed by atoms with Gasteiger partial charge in [-0.15, -0.1) is 0 Å². The number of nitrogens with zero attached hydrogens (tertiary/aromatic N) is 2. The number of halogens is 1. The van der Waals surface area contributed by atoms with Crippen LogP contribution in [0.3, 0.4) is 0 Å². The van der Waals surface area contributed by atoms with Gasteiger partial charge in [0.05, 0.1) is 4.90 Å². The summed E-state index contributed by atoms with van der Waals surface area (Å²) >= 11 is 0. The van der Waals surface area contributed by atoms with Crippen molar-refractivity contribution in [2.75, 3.05) is 17.2 Å². The lowest BCUT2D eigenvalue weighted by Gasteiger charge is -2.09. The Balaban J connectivity index is 1.56. The monoisotopic (exact) mass is 387 g/mol. The summed E-state index contributed by atoms with van der Waals surface area (Å²) in [6.45, 7) is 0.599. The molecule has 140 valence electrons. The third-order valence-electron chi connectivity index (χ3n) is 3.73. The van der Waals surface area contributed by atoms with E-state index in [0.717, 1.165) is 5.56 Å². The molecule has 0 unspecified atom stereocenters. The van der Waals surface area contributed by atoms with Crippen LogP contribution in [0, 0.1) is 5.82 Å². The van der Waals surface area contributed by atoms with E-state index < -0.39 is 10.0 Å². The van der Waals surface area contributed by atoms with Crippen LogP contribution in [-0.4, -0.2) is 24.9 Å². The minimum absolute atomic E-state index is 0.0894. The number of benzene rings is 2. The summed E-state index contributed by atoms with van der Waals surface area (Å²) in [5, 5.41) is 11.3. The maximum atomic E-state index is 12.9. The van der Waals surface area contributed by atoms with Crippen molar-refractivity contribution in [2.45, 2.75) is 11.3 Å². The third-order valence-corrected chi connectivity index (χ3v) is 4.66. The minimum Gasteiger partial charge on any atom is -0.370 e. The Labute approximate surface area is 156 Å². The molecular formula is C18H18FN5O2S. The fraction of sp³-hybridized carbons (Fsp3) is 0.111. The maximum Gasteiger partial charge on any atom is 0.238 e. The Kier molecular flexibility index (Phi) is 5.63. The van der Waals surface area contributed by atoms with Gasteiger partial charge in [-0.1, -0.05) is 12.1 Å². The van der Waals surface area contributed by atoms with Crippen LogP contribution in [-0.2, 0) is 16.4 Å². The molecule has 7 nitrogen and oxygen atoms in total. The van der Waals surface area contributed by atoms with Gasteiger partial charge in [-0.25, -0.2) is 22.9 Å². The summed E-state index contributed by atoms with van der Waals surface area (Å²) < 4.78 is 35.4. The zero-order valence-corrected chi connectivity index (χ0v) is 15.1.